The molecule has 4 heteroatoms. The first-order chi connectivity index (χ1) is 14.2. The SMILES string of the molecule is COCC(COc1ccccc1)C(C)(C)OC(COc1ccccc1)CC(C)(C)C. The molecule has 0 amide bonds. The van der Waals surface area contributed by atoms with E-state index in [4.69, 9.17) is 18.9 Å². The Labute approximate surface area is 182 Å². The van der Waals surface area contributed by atoms with Crippen LogP contribution in [0.4, 0.5) is 0 Å². The largest absolute Gasteiger partial charge is 0.493 e. The van der Waals surface area contributed by atoms with E-state index >= 15 is 0 Å². The van der Waals surface area contributed by atoms with Gasteiger partial charge in [0.15, 0.2) is 0 Å². The van der Waals surface area contributed by atoms with Crippen LogP contribution in [0, 0.1) is 11.3 Å². The summed E-state index contributed by atoms with van der Waals surface area (Å²) in [6.45, 7) is 12.5. The van der Waals surface area contributed by atoms with Crippen LogP contribution in [0.5, 0.6) is 11.5 Å². The van der Waals surface area contributed by atoms with Crippen LogP contribution < -0.4 is 9.47 Å². The number of methoxy groups -OCH3 is 1. The summed E-state index contributed by atoms with van der Waals surface area (Å²) in [6, 6.07) is 19.8. The van der Waals surface area contributed by atoms with Gasteiger partial charge < -0.3 is 18.9 Å². The second-order valence-electron chi connectivity index (χ2n) is 9.51. The van der Waals surface area contributed by atoms with E-state index in [2.05, 4.69) is 34.6 Å². The number of benzene rings is 2. The van der Waals surface area contributed by atoms with Crippen molar-refractivity contribution in [2.75, 3.05) is 26.9 Å². The third-order valence-electron chi connectivity index (χ3n) is 5.03. The zero-order valence-electron chi connectivity index (χ0n) is 19.4. The minimum atomic E-state index is -0.444. The normalized spacial score (nSPS) is 14.2. The van der Waals surface area contributed by atoms with E-state index in [1.165, 1.54) is 0 Å². The van der Waals surface area contributed by atoms with E-state index in [1.54, 1.807) is 7.11 Å². The molecule has 2 aromatic carbocycles. The highest BCUT2D eigenvalue weighted by atomic mass is 16.6. The van der Waals surface area contributed by atoms with Crippen LogP contribution in [0.15, 0.2) is 60.7 Å². The summed E-state index contributed by atoms with van der Waals surface area (Å²) in [4.78, 5) is 0. The Morgan fingerprint density at radius 2 is 1.20 bits per heavy atom. The van der Waals surface area contributed by atoms with Crippen molar-refractivity contribution < 1.29 is 18.9 Å². The Kier molecular flexibility index (Phi) is 9.19. The number of hydrogen-bond acceptors (Lipinski definition) is 4. The molecule has 0 saturated carbocycles. The topological polar surface area (TPSA) is 36.9 Å². The molecule has 0 fully saturated rings. The molecule has 166 valence electrons. The van der Waals surface area contributed by atoms with Crippen molar-refractivity contribution in [1.29, 1.82) is 0 Å². The lowest BCUT2D eigenvalue weighted by atomic mass is 9.87. The summed E-state index contributed by atoms with van der Waals surface area (Å²) in [7, 11) is 1.72. The highest BCUT2D eigenvalue weighted by Crippen LogP contribution is 2.30. The second kappa shape index (κ2) is 11.4. The molecule has 0 radical (unpaired) electrons. The predicted molar refractivity (Wildman–Crippen MR) is 122 cm³/mol. The van der Waals surface area contributed by atoms with Gasteiger partial charge in [-0.2, -0.15) is 0 Å². The predicted octanol–water partition coefficient (Wildman–Crippen LogP) is 6.01. The number of para-hydroxylation sites is 2. The zero-order valence-corrected chi connectivity index (χ0v) is 19.4. The number of rotatable bonds is 12. The first kappa shape index (κ1) is 24.2. The van der Waals surface area contributed by atoms with Gasteiger partial charge >= 0.3 is 0 Å². The lowest BCUT2D eigenvalue weighted by Gasteiger charge is -2.38. The van der Waals surface area contributed by atoms with Gasteiger partial charge in [-0.3, -0.25) is 0 Å². The summed E-state index contributed by atoms with van der Waals surface area (Å²) in [5.41, 5.74) is -0.321. The zero-order chi connectivity index (χ0) is 22.0. The fraction of sp³-hybridized carbons (Fsp3) is 0.538. The Hall–Kier alpha value is -2.04. The van der Waals surface area contributed by atoms with Crippen molar-refractivity contribution in [1.82, 2.24) is 0 Å². The standard InChI is InChI=1S/C26H38O4/c1-25(2,3)17-24(20-29-23-15-11-8-12-16-23)30-26(4,5)21(18-27-6)19-28-22-13-9-7-10-14-22/h7-16,21,24H,17-20H2,1-6H3. The first-order valence-corrected chi connectivity index (χ1v) is 10.7. The van der Waals surface area contributed by atoms with Gasteiger partial charge in [0.25, 0.3) is 0 Å². The van der Waals surface area contributed by atoms with Gasteiger partial charge in [-0.25, -0.2) is 0 Å². The molecule has 0 spiro atoms. The van der Waals surface area contributed by atoms with Gasteiger partial charge in [0.05, 0.1) is 24.9 Å². The molecular weight excluding hydrogens is 376 g/mol. The molecule has 2 unspecified atom stereocenters. The van der Waals surface area contributed by atoms with Gasteiger partial charge in [0.2, 0.25) is 0 Å². The fourth-order valence-corrected chi connectivity index (χ4v) is 3.41. The van der Waals surface area contributed by atoms with Gasteiger partial charge in [-0.1, -0.05) is 57.2 Å². The maximum atomic E-state index is 6.65. The lowest BCUT2D eigenvalue weighted by Crippen LogP contribution is -2.45. The van der Waals surface area contributed by atoms with E-state index in [0.29, 0.717) is 19.8 Å². The molecule has 0 aromatic heterocycles. The summed E-state index contributed by atoms with van der Waals surface area (Å²) in [5, 5.41) is 0. The van der Waals surface area contributed by atoms with Crippen molar-refractivity contribution >= 4 is 0 Å². The third kappa shape index (κ3) is 8.76. The molecular formula is C26H38O4. The molecule has 2 rings (SSSR count). The fourth-order valence-electron chi connectivity index (χ4n) is 3.41. The van der Waals surface area contributed by atoms with Crippen LogP contribution in [0.25, 0.3) is 0 Å². The van der Waals surface area contributed by atoms with E-state index in [0.717, 1.165) is 17.9 Å². The Balaban J connectivity index is 2.05. The highest BCUT2D eigenvalue weighted by molar-refractivity contribution is 5.21. The number of hydrogen-bond donors (Lipinski definition) is 0. The van der Waals surface area contributed by atoms with Gasteiger partial charge in [-0.15, -0.1) is 0 Å². The molecule has 0 aliphatic heterocycles. The molecule has 4 nitrogen and oxygen atoms in total. The molecule has 2 atom stereocenters. The van der Waals surface area contributed by atoms with Crippen LogP contribution >= 0.6 is 0 Å². The average Bonchev–Trinajstić information content (AvgIpc) is 2.69. The van der Waals surface area contributed by atoms with Crippen LogP contribution in [-0.4, -0.2) is 38.6 Å². The smallest absolute Gasteiger partial charge is 0.119 e. The molecule has 0 aliphatic rings. The van der Waals surface area contributed by atoms with E-state index < -0.39 is 5.60 Å². The van der Waals surface area contributed by atoms with Crippen LogP contribution in [0.1, 0.15) is 41.0 Å². The molecule has 0 N–H and O–H groups in total. The highest BCUT2D eigenvalue weighted by Gasteiger charge is 2.35. The monoisotopic (exact) mass is 414 g/mol. The van der Waals surface area contributed by atoms with Gasteiger partial charge in [-0.05, 0) is 49.9 Å². The van der Waals surface area contributed by atoms with Crippen LogP contribution in [-0.2, 0) is 9.47 Å². The average molecular weight is 415 g/mol. The maximum Gasteiger partial charge on any atom is 0.119 e. The van der Waals surface area contributed by atoms with Crippen LogP contribution in [0.3, 0.4) is 0 Å². The second-order valence-corrected chi connectivity index (χ2v) is 9.51. The summed E-state index contributed by atoms with van der Waals surface area (Å²) in [5.74, 6) is 1.79. The van der Waals surface area contributed by atoms with E-state index in [9.17, 15) is 0 Å². The van der Waals surface area contributed by atoms with Crippen molar-refractivity contribution in [3.05, 3.63) is 60.7 Å². The summed E-state index contributed by atoms with van der Waals surface area (Å²) < 4.78 is 24.2. The van der Waals surface area contributed by atoms with Crippen molar-refractivity contribution in [3.63, 3.8) is 0 Å². The molecule has 2 aromatic rings. The Morgan fingerprint density at radius 3 is 1.67 bits per heavy atom. The minimum Gasteiger partial charge on any atom is -0.493 e. The van der Waals surface area contributed by atoms with Gasteiger partial charge in [0, 0.05) is 13.0 Å². The van der Waals surface area contributed by atoms with Crippen molar-refractivity contribution in [2.45, 2.75) is 52.7 Å². The molecule has 0 bridgehead atoms. The van der Waals surface area contributed by atoms with Crippen LogP contribution in [0.2, 0.25) is 0 Å². The molecule has 0 saturated heterocycles. The number of ether oxygens (including phenoxy) is 4. The Morgan fingerprint density at radius 1 is 0.700 bits per heavy atom. The first-order valence-electron chi connectivity index (χ1n) is 10.7. The molecule has 30 heavy (non-hydrogen) atoms. The van der Waals surface area contributed by atoms with Gasteiger partial charge in [0.1, 0.15) is 18.1 Å². The van der Waals surface area contributed by atoms with Crippen molar-refractivity contribution in [3.8, 4) is 11.5 Å². The van der Waals surface area contributed by atoms with Crippen molar-refractivity contribution in [2.24, 2.45) is 11.3 Å². The quantitative estimate of drug-likeness (QED) is 0.426. The van der Waals surface area contributed by atoms with E-state index in [-0.39, 0.29) is 17.4 Å². The summed E-state index contributed by atoms with van der Waals surface area (Å²) in [6.07, 6.45) is 0.846. The third-order valence-corrected chi connectivity index (χ3v) is 5.03. The molecule has 0 aliphatic carbocycles. The minimum absolute atomic E-state index is 0.0451. The lowest BCUT2D eigenvalue weighted by molar-refractivity contribution is -0.143. The summed E-state index contributed by atoms with van der Waals surface area (Å²) >= 11 is 0. The molecule has 0 heterocycles. The van der Waals surface area contributed by atoms with E-state index in [1.807, 2.05) is 60.7 Å². The maximum absolute atomic E-state index is 6.65. The Bertz CT molecular complexity index is 707.